The zero-order chi connectivity index (χ0) is 22.6. The van der Waals surface area contributed by atoms with Crippen LogP contribution in [0, 0.1) is 0 Å². The van der Waals surface area contributed by atoms with Gasteiger partial charge >= 0.3 is 0 Å². The number of nitrogens with zero attached hydrogens (tertiary/aromatic N) is 3. The van der Waals surface area contributed by atoms with Crippen molar-refractivity contribution in [1.29, 1.82) is 0 Å². The number of methoxy groups -OCH3 is 1. The van der Waals surface area contributed by atoms with Crippen molar-refractivity contribution in [3.8, 4) is 5.75 Å². The monoisotopic (exact) mass is 442 g/mol. The highest BCUT2D eigenvalue weighted by Crippen LogP contribution is 2.39. The van der Waals surface area contributed by atoms with Crippen LogP contribution in [0.4, 0.5) is 11.4 Å². The van der Waals surface area contributed by atoms with Gasteiger partial charge in [0.15, 0.2) is 0 Å². The Kier molecular flexibility index (Phi) is 6.17. The van der Waals surface area contributed by atoms with Crippen molar-refractivity contribution in [2.75, 3.05) is 56.2 Å². The lowest BCUT2D eigenvalue weighted by Gasteiger charge is -2.42. The molecule has 0 spiro atoms. The molecule has 3 aromatic carbocycles. The first-order valence-corrected chi connectivity index (χ1v) is 11.6. The van der Waals surface area contributed by atoms with E-state index in [-0.39, 0.29) is 12.1 Å². The zero-order valence-corrected chi connectivity index (χ0v) is 19.0. The van der Waals surface area contributed by atoms with E-state index in [1.165, 1.54) is 5.69 Å². The second-order valence-corrected chi connectivity index (χ2v) is 8.50. The third kappa shape index (κ3) is 4.39. The highest BCUT2D eigenvalue weighted by molar-refractivity contribution is 6.03. The molecule has 1 unspecified atom stereocenters. The Morgan fingerprint density at radius 2 is 1.55 bits per heavy atom. The van der Waals surface area contributed by atoms with Crippen LogP contribution < -0.4 is 19.9 Å². The Morgan fingerprint density at radius 1 is 0.848 bits per heavy atom. The average Bonchev–Trinajstić information content (AvgIpc) is 2.89. The summed E-state index contributed by atoms with van der Waals surface area (Å²) < 4.78 is 5.69. The van der Waals surface area contributed by atoms with Gasteiger partial charge in [-0.15, -0.1) is 0 Å². The van der Waals surface area contributed by atoms with E-state index in [9.17, 15) is 4.79 Å². The number of rotatable bonds is 6. The molecule has 1 amide bonds. The topological polar surface area (TPSA) is 48.1 Å². The number of benzene rings is 3. The summed E-state index contributed by atoms with van der Waals surface area (Å²) in [6.45, 7) is 5.77. The largest absolute Gasteiger partial charge is 0.495 e. The Hall–Kier alpha value is -3.51. The highest BCUT2D eigenvalue weighted by Gasteiger charge is 2.34. The number of fused-ring (bicyclic) bond motifs is 1. The molecule has 33 heavy (non-hydrogen) atoms. The third-order valence-electron chi connectivity index (χ3n) is 6.60. The van der Waals surface area contributed by atoms with E-state index in [0.717, 1.165) is 56.3 Å². The zero-order valence-electron chi connectivity index (χ0n) is 19.0. The Morgan fingerprint density at radius 3 is 2.24 bits per heavy atom. The molecule has 6 nitrogen and oxygen atoms in total. The van der Waals surface area contributed by atoms with Gasteiger partial charge in [0.1, 0.15) is 11.9 Å². The number of nitrogens with one attached hydrogen (secondary N) is 1. The average molecular weight is 443 g/mol. The molecule has 3 aromatic rings. The molecule has 2 aliphatic heterocycles. The minimum absolute atomic E-state index is 0.0644. The molecule has 0 aromatic heterocycles. The molecule has 0 radical (unpaired) electrons. The van der Waals surface area contributed by atoms with Gasteiger partial charge < -0.3 is 19.9 Å². The van der Waals surface area contributed by atoms with Crippen LogP contribution in [0.15, 0.2) is 78.9 Å². The molecule has 1 saturated heterocycles. The van der Waals surface area contributed by atoms with Crippen molar-refractivity contribution >= 4 is 17.3 Å². The van der Waals surface area contributed by atoms with Crippen LogP contribution in [0.25, 0.3) is 0 Å². The van der Waals surface area contributed by atoms with E-state index < -0.39 is 0 Å². The van der Waals surface area contributed by atoms with Gasteiger partial charge in [0.25, 0.3) is 5.91 Å². The summed E-state index contributed by atoms with van der Waals surface area (Å²) in [5, 5.41) is 3.21. The first kappa shape index (κ1) is 21.3. The van der Waals surface area contributed by atoms with Crippen LogP contribution in [0.2, 0.25) is 0 Å². The van der Waals surface area contributed by atoms with Crippen LogP contribution in [0.1, 0.15) is 22.1 Å². The number of ether oxygens (including phenoxy) is 1. The predicted octanol–water partition coefficient (Wildman–Crippen LogP) is 3.77. The van der Waals surface area contributed by atoms with E-state index in [2.05, 4.69) is 62.5 Å². The number of carbonyl (C=O) groups excluding carboxylic acids is 1. The van der Waals surface area contributed by atoms with Gasteiger partial charge in [-0.05, 0) is 29.8 Å². The number of anilines is 2. The molecule has 0 aliphatic carbocycles. The second-order valence-electron chi connectivity index (χ2n) is 8.50. The standard InChI is InChI=1S/C27H30N4O2/c1-33-24-14-8-13-23-25(24)31(26(28-27(23)32)21-9-4-2-5-10-21)20-17-29-15-18-30(19-16-29)22-11-6-3-7-12-22/h2-14,26H,15-20H2,1H3,(H,28,32). The summed E-state index contributed by atoms with van der Waals surface area (Å²) in [4.78, 5) is 20.2. The Bertz CT molecular complexity index is 1080. The van der Waals surface area contributed by atoms with E-state index in [1.54, 1.807) is 7.11 Å². The minimum atomic E-state index is -0.229. The summed E-state index contributed by atoms with van der Waals surface area (Å²) in [6, 6.07) is 26.5. The molecular weight excluding hydrogens is 412 g/mol. The van der Waals surface area contributed by atoms with Crippen molar-refractivity contribution in [3.63, 3.8) is 0 Å². The number of amides is 1. The molecule has 1 atom stereocenters. The maximum Gasteiger partial charge on any atom is 0.255 e. The molecule has 2 aliphatic rings. The number of piperazine rings is 1. The first-order valence-electron chi connectivity index (χ1n) is 11.6. The lowest BCUT2D eigenvalue weighted by molar-refractivity contribution is 0.0924. The van der Waals surface area contributed by atoms with Gasteiger partial charge in [0.2, 0.25) is 0 Å². The number of hydrogen-bond donors (Lipinski definition) is 1. The van der Waals surface area contributed by atoms with Crippen molar-refractivity contribution in [2.24, 2.45) is 0 Å². The van der Waals surface area contributed by atoms with E-state index >= 15 is 0 Å². The summed E-state index contributed by atoms with van der Waals surface area (Å²) in [7, 11) is 1.67. The fourth-order valence-corrected chi connectivity index (χ4v) is 4.83. The maximum absolute atomic E-state index is 13.0. The lowest BCUT2D eigenvalue weighted by atomic mass is 10.0. The van der Waals surface area contributed by atoms with Crippen LogP contribution in [-0.2, 0) is 0 Å². The van der Waals surface area contributed by atoms with Gasteiger partial charge in [-0.3, -0.25) is 9.69 Å². The van der Waals surface area contributed by atoms with Gasteiger partial charge in [0.05, 0.1) is 18.4 Å². The van der Waals surface area contributed by atoms with Gasteiger partial charge in [0, 0.05) is 45.0 Å². The fourth-order valence-electron chi connectivity index (χ4n) is 4.83. The molecule has 6 heteroatoms. The smallest absolute Gasteiger partial charge is 0.255 e. The summed E-state index contributed by atoms with van der Waals surface area (Å²) in [5.41, 5.74) is 3.89. The quantitative estimate of drug-likeness (QED) is 0.630. The van der Waals surface area contributed by atoms with Crippen molar-refractivity contribution in [2.45, 2.75) is 6.17 Å². The van der Waals surface area contributed by atoms with E-state index in [1.807, 2.05) is 36.4 Å². The van der Waals surface area contributed by atoms with Gasteiger partial charge in [-0.2, -0.15) is 0 Å². The summed E-state index contributed by atoms with van der Waals surface area (Å²) in [5.74, 6) is 0.669. The SMILES string of the molecule is COc1cccc2c1N(CCN1CCN(c3ccccc3)CC1)C(c1ccccc1)NC2=O. The molecule has 1 N–H and O–H groups in total. The van der Waals surface area contributed by atoms with Crippen LogP contribution in [-0.4, -0.2) is 57.2 Å². The van der Waals surface area contributed by atoms with Gasteiger partial charge in [-0.25, -0.2) is 0 Å². The van der Waals surface area contributed by atoms with Gasteiger partial charge in [-0.1, -0.05) is 54.6 Å². The predicted molar refractivity (Wildman–Crippen MR) is 132 cm³/mol. The highest BCUT2D eigenvalue weighted by atomic mass is 16.5. The number of carbonyl (C=O) groups is 1. The first-order chi connectivity index (χ1) is 16.2. The van der Waals surface area contributed by atoms with E-state index in [0.29, 0.717) is 5.56 Å². The molecular formula is C27H30N4O2. The van der Waals surface area contributed by atoms with Crippen LogP contribution in [0.3, 0.4) is 0 Å². The molecule has 170 valence electrons. The van der Waals surface area contributed by atoms with Crippen molar-refractivity contribution < 1.29 is 9.53 Å². The maximum atomic E-state index is 13.0. The molecule has 2 heterocycles. The number of para-hydroxylation sites is 2. The Balaban J connectivity index is 1.35. The third-order valence-corrected chi connectivity index (χ3v) is 6.60. The number of hydrogen-bond acceptors (Lipinski definition) is 5. The fraction of sp³-hybridized carbons (Fsp3) is 0.296. The van der Waals surface area contributed by atoms with Crippen molar-refractivity contribution in [3.05, 3.63) is 90.0 Å². The minimum Gasteiger partial charge on any atom is -0.495 e. The van der Waals surface area contributed by atoms with E-state index in [4.69, 9.17) is 4.74 Å². The molecule has 5 rings (SSSR count). The van der Waals surface area contributed by atoms with Crippen LogP contribution >= 0.6 is 0 Å². The molecule has 0 bridgehead atoms. The Labute approximate surface area is 195 Å². The molecule has 1 fully saturated rings. The molecule has 0 saturated carbocycles. The lowest BCUT2D eigenvalue weighted by Crippen LogP contribution is -2.52. The summed E-state index contributed by atoms with van der Waals surface area (Å²) >= 11 is 0. The van der Waals surface area contributed by atoms with Crippen LogP contribution in [0.5, 0.6) is 5.75 Å². The summed E-state index contributed by atoms with van der Waals surface area (Å²) in [6.07, 6.45) is -0.229. The normalized spacial score (nSPS) is 18.6. The van der Waals surface area contributed by atoms with Crippen molar-refractivity contribution in [1.82, 2.24) is 10.2 Å². The second kappa shape index (κ2) is 9.55.